The van der Waals surface area contributed by atoms with E-state index in [1.54, 1.807) is 0 Å². The first-order chi connectivity index (χ1) is 10.7. The van der Waals surface area contributed by atoms with Crippen LogP contribution in [0.5, 0.6) is 0 Å². The van der Waals surface area contributed by atoms with Crippen LogP contribution < -0.4 is 10.6 Å². The minimum absolute atomic E-state index is 0.113. The predicted octanol–water partition coefficient (Wildman–Crippen LogP) is -1.59. The fourth-order valence-electron chi connectivity index (χ4n) is 1.92. The maximum atomic E-state index is 11.9. The molecule has 1 aromatic rings. The van der Waals surface area contributed by atoms with Gasteiger partial charge in [0.05, 0.1) is 6.04 Å². The quantitative estimate of drug-likeness (QED) is 0.179. The average molecular weight is 362 g/mol. The molecule has 2 heterocycles. The van der Waals surface area contributed by atoms with E-state index in [9.17, 15) is 27.6 Å². The number of ketones is 1. The first kappa shape index (κ1) is 17.0. The molecule has 1 fully saturated rings. The highest BCUT2D eigenvalue weighted by atomic mass is 32.2. The van der Waals surface area contributed by atoms with E-state index in [-0.39, 0.29) is 15.1 Å². The van der Waals surface area contributed by atoms with Crippen molar-refractivity contribution in [3.63, 3.8) is 0 Å². The smallest absolute Gasteiger partial charge is 0.335 e. The Morgan fingerprint density at radius 1 is 1.48 bits per heavy atom. The molecule has 3 N–H and O–H groups in total. The van der Waals surface area contributed by atoms with E-state index in [1.165, 1.54) is 12.3 Å². The van der Waals surface area contributed by atoms with Crippen LogP contribution in [0.15, 0.2) is 5.38 Å². The first-order valence-corrected chi connectivity index (χ1v) is 8.26. The van der Waals surface area contributed by atoms with E-state index in [2.05, 4.69) is 15.6 Å². The normalized spacial score (nSPS) is 20.6. The lowest BCUT2D eigenvalue weighted by Crippen LogP contribution is -2.71. The molecule has 1 aromatic heterocycles. The third-order valence-electron chi connectivity index (χ3n) is 3.00. The zero-order valence-electron chi connectivity index (χ0n) is 11.4. The standard InChI is InChI=1S/C10H10N4O7S2/c1-4-6(9(18)14(4)23(19,20)21)13-8(17)7(16)5-2-22-10(12-5)11-3-15/h2-4,6H,1H3,(H,13,17)(H,11,12,15)(H,19,20,21)/t4?,6-/m0/s1. The highest BCUT2D eigenvalue weighted by Gasteiger charge is 2.51. The second-order valence-corrected chi connectivity index (χ2v) is 6.58. The van der Waals surface area contributed by atoms with Crippen molar-refractivity contribution in [3.8, 4) is 0 Å². The Hall–Kier alpha value is -2.38. The SMILES string of the molecule is CC1[C@H](NC(=O)C(=O)c2csc(NC=O)n2)C(=O)N1S(=O)(=O)O. The summed E-state index contributed by atoms with van der Waals surface area (Å²) in [6.45, 7) is 1.28. The molecule has 0 spiro atoms. The van der Waals surface area contributed by atoms with Crippen LogP contribution in [-0.4, -0.2) is 58.4 Å². The summed E-state index contributed by atoms with van der Waals surface area (Å²) in [6, 6.07) is -2.28. The summed E-state index contributed by atoms with van der Waals surface area (Å²) >= 11 is 0.921. The Morgan fingerprint density at radius 3 is 2.65 bits per heavy atom. The summed E-state index contributed by atoms with van der Waals surface area (Å²) in [6.07, 6.45) is 0.353. The number of Topliss-reactive ketones (excluding diaryl/α,β-unsaturated/α-hetero) is 1. The molecule has 13 heteroatoms. The van der Waals surface area contributed by atoms with Gasteiger partial charge in [0, 0.05) is 5.38 Å². The lowest BCUT2D eigenvalue weighted by Gasteiger charge is -2.41. The van der Waals surface area contributed by atoms with Gasteiger partial charge in [0.2, 0.25) is 6.41 Å². The van der Waals surface area contributed by atoms with Crippen molar-refractivity contribution >= 4 is 50.8 Å². The lowest BCUT2D eigenvalue weighted by atomic mass is 10.0. The molecule has 124 valence electrons. The molecular weight excluding hydrogens is 352 g/mol. The minimum atomic E-state index is -4.71. The van der Waals surface area contributed by atoms with Crippen molar-refractivity contribution in [1.29, 1.82) is 0 Å². The summed E-state index contributed by atoms with van der Waals surface area (Å²) in [5.41, 5.74) is -0.233. The van der Waals surface area contributed by atoms with Gasteiger partial charge in [-0.05, 0) is 6.92 Å². The van der Waals surface area contributed by atoms with Crippen LogP contribution in [0, 0.1) is 0 Å². The lowest BCUT2D eigenvalue weighted by molar-refractivity contribution is -0.144. The summed E-state index contributed by atoms with van der Waals surface area (Å²) < 4.78 is 30.9. The number of thiazole rings is 1. The zero-order chi connectivity index (χ0) is 17.4. The maximum Gasteiger partial charge on any atom is 0.362 e. The van der Waals surface area contributed by atoms with Crippen molar-refractivity contribution in [1.82, 2.24) is 14.6 Å². The summed E-state index contributed by atoms with van der Waals surface area (Å²) in [7, 11) is -4.71. The summed E-state index contributed by atoms with van der Waals surface area (Å²) in [5, 5.41) is 5.64. The van der Waals surface area contributed by atoms with Crippen molar-refractivity contribution in [2.75, 3.05) is 5.32 Å². The Morgan fingerprint density at radius 2 is 2.13 bits per heavy atom. The third kappa shape index (κ3) is 3.20. The van der Waals surface area contributed by atoms with Gasteiger partial charge in [-0.25, -0.2) is 9.29 Å². The summed E-state index contributed by atoms with van der Waals surface area (Å²) in [4.78, 5) is 49.2. The van der Waals surface area contributed by atoms with E-state index in [4.69, 9.17) is 4.55 Å². The van der Waals surface area contributed by atoms with Crippen LogP contribution >= 0.6 is 11.3 Å². The second-order valence-electron chi connectivity index (χ2n) is 4.43. The fraction of sp³-hybridized carbons (Fsp3) is 0.300. The Bertz CT molecular complexity index is 787. The highest BCUT2D eigenvalue weighted by molar-refractivity contribution is 7.84. The third-order valence-corrected chi connectivity index (χ3v) is 4.78. The zero-order valence-corrected chi connectivity index (χ0v) is 13.1. The maximum absolute atomic E-state index is 11.9. The van der Waals surface area contributed by atoms with Crippen LogP contribution in [0.4, 0.5) is 5.13 Å². The topological polar surface area (TPSA) is 163 Å². The van der Waals surface area contributed by atoms with Crippen molar-refractivity contribution in [2.45, 2.75) is 19.0 Å². The second kappa shape index (κ2) is 6.02. The van der Waals surface area contributed by atoms with Gasteiger partial charge >= 0.3 is 10.3 Å². The monoisotopic (exact) mass is 362 g/mol. The van der Waals surface area contributed by atoms with Crippen LogP contribution in [0.1, 0.15) is 17.4 Å². The molecule has 1 saturated heterocycles. The summed E-state index contributed by atoms with van der Waals surface area (Å²) in [5.74, 6) is -3.26. The van der Waals surface area contributed by atoms with Crippen LogP contribution in [0.2, 0.25) is 0 Å². The first-order valence-electron chi connectivity index (χ1n) is 5.98. The molecule has 0 bridgehead atoms. The number of carbonyl (C=O) groups excluding carboxylic acids is 4. The number of hydrogen-bond acceptors (Lipinski definition) is 8. The fourth-order valence-corrected chi connectivity index (χ4v) is 3.45. The molecule has 0 aromatic carbocycles. The molecule has 2 atom stereocenters. The van der Waals surface area contributed by atoms with Gasteiger partial charge in [0.25, 0.3) is 17.6 Å². The Labute approximate surface area is 133 Å². The predicted molar refractivity (Wildman–Crippen MR) is 75.9 cm³/mol. The van der Waals surface area contributed by atoms with Gasteiger partial charge < -0.3 is 10.6 Å². The number of anilines is 1. The van der Waals surface area contributed by atoms with Gasteiger partial charge in [0.1, 0.15) is 11.7 Å². The van der Waals surface area contributed by atoms with E-state index < -0.39 is 40.0 Å². The number of aromatic nitrogens is 1. The number of amides is 3. The van der Waals surface area contributed by atoms with Crippen molar-refractivity contribution in [2.24, 2.45) is 0 Å². The Balaban J connectivity index is 2.03. The van der Waals surface area contributed by atoms with E-state index in [0.29, 0.717) is 6.41 Å². The van der Waals surface area contributed by atoms with Gasteiger partial charge in [-0.3, -0.25) is 23.7 Å². The molecular formula is C10H10N4O7S2. The van der Waals surface area contributed by atoms with E-state index in [0.717, 1.165) is 11.3 Å². The molecule has 11 nitrogen and oxygen atoms in total. The molecule has 0 saturated carbocycles. The number of β-lactam (4-membered cyclic amide) rings is 1. The number of nitrogens with zero attached hydrogens (tertiary/aromatic N) is 2. The van der Waals surface area contributed by atoms with Crippen molar-refractivity contribution < 1.29 is 32.1 Å². The molecule has 1 unspecified atom stereocenters. The largest absolute Gasteiger partial charge is 0.362 e. The minimum Gasteiger partial charge on any atom is -0.335 e. The molecule has 0 radical (unpaired) electrons. The van der Waals surface area contributed by atoms with Gasteiger partial charge in [-0.1, -0.05) is 0 Å². The average Bonchev–Trinajstić information content (AvgIpc) is 2.91. The van der Waals surface area contributed by atoms with Gasteiger partial charge in [-0.15, -0.1) is 11.3 Å². The number of nitrogens with one attached hydrogen (secondary N) is 2. The number of carbonyl (C=O) groups is 4. The highest BCUT2D eigenvalue weighted by Crippen LogP contribution is 2.23. The molecule has 1 aliphatic rings. The Kier molecular flexibility index (Phi) is 4.44. The van der Waals surface area contributed by atoms with Crippen LogP contribution in [-0.2, 0) is 24.7 Å². The molecule has 1 aliphatic heterocycles. The molecule has 23 heavy (non-hydrogen) atoms. The molecule has 0 aliphatic carbocycles. The van der Waals surface area contributed by atoms with Crippen LogP contribution in [0.25, 0.3) is 0 Å². The van der Waals surface area contributed by atoms with Gasteiger partial charge in [0.15, 0.2) is 5.13 Å². The number of rotatable bonds is 6. The van der Waals surface area contributed by atoms with Crippen LogP contribution in [0.3, 0.4) is 0 Å². The molecule has 2 rings (SSSR count). The number of hydrogen-bond donors (Lipinski definition) is 3. The van der Waals surface area contributed by atoms with Gasteiger partial charge in [-0.2, -0.15) is 8.42 Å². The van der Waals surface area contributed by atoms with E-state index in [1.807, 2.05) is 0 Å². The molecule has 3 amide bonds. The van der Waals surface area contributed by atoms with E-state index >= 15 is 0 Å². The van der Waals surface area contributed by atoms with Crippen molar-refractivity contribution in [3.05, 3.63) is 11.1 Å².